The van der Waals surface area contributed by atoms with E-state index in [4.69, 9.17) is 0 Å². The number of benzene rings is 1. The Morgan fingerprint density at radius 3 is 2.81 bits per heavy atom. The molecule has 0 bridgehead atoms. The van der Waals surface area contributed by atoms with Crippen molar-refractivity contribution in [3.63, 3.8) is 0 Å². The van der Waals surface area contributed by atoms with E-state index in [1.165, 1.54) is 6.07 Å². The highest BCUT2D eigenvalue weighted by Crippen LogP contribution is 2.17. The number of aromatic nitrogens is 2. The molecule has 2 rings (SSSR count). The lowest BCUT2D eigenvalue weighted by Crippen LogP contribution is -2.21. The Labute approximate surface area is 124 Å². The molecule has 0 aliphatic rings. The predicted molar refractivity (Wildman–Crippen MR) is 79.0 cm³/mol. The second-order valence-corrected chi connectivity index (χ2v) is 5.12. The minimum atomic E-state index is -0.435. The van der Waals surface area contributed by atoms with Gasteiger partial charge in [-0.25, -0.2) is 8.78 Å². The van der Waals surface area contributed by atoms with Gasteiger partial charge in [0.2, 0.25) is 0 Å². The van der Waals surface area contributed by atoms with Crippen LogP contribution < -0.4 is 5.32 Å². The quantitative estimate of drug-likeness (QED) is 0.844. The summed E-state index contributed by atoms with van der Waals surface area (Å²) in [5, 5.41) is 7.69. The molecule has 3 nitrogen and oxygen atoms in total. The highest BCUT2D eigenvalue weighted by atomic mass is 19.1. The zero-order chi connectivity index (χ0) is 15.2. The van der Waals surface area contributed by atoms with Gasteiger partial charge in [-0.1, -0.05) is 13.8 Å². The van der Waals surface area contributed by atoms with E-state index in [9.17, 15) is 8.78 Å². The van der Waals surface area contributed by atoms with Crippen molar-refractivity contribution in [2.45, 2.75) is 39.3 Å². The molecule has 0 saturated heterocycles. The van der Waals surface area contributed by atoms with E-state index in [-0.39, 0.29) is 12.6 Å². The van der Waals surface area contributed by atoms with Crippen LogP contribution >= 0.6 is 0 Å². The molecule has 0 aliphatic heterocycles. The Morgan fingerprint density at radius 1 is 1.29 bits per heavy atom. The molecule has 0 fully saturated rings. The summed E-state index contributed by atoms with van der Waals surface area (Å²) in [7, 11) is 0. The van der Waals surface area contributed by atoms with Crippen LogP contribution in [-0.4, -0.2) is 16.3 Å². The van der Waals surface area contributed by atoms with Gasteiger partial charge in [0.05, 0.1) is 12.7 Å². The molecule has 114 valence electrons. The van der Waals surface area contributed by atoms with E-state index >= 15 is 0 Å². The van der Waals surface area contributed by atoms with Crippen molar-refractivity contribution in [3.8, 4) is 0 Å². The normalized spacial score (nSPS) is 12.6. The number of hydrogen-bond donors (Lipinski definition) is 1. The lowest BCUT2D eigenvalue weighted by atomic mass is 10.1. The number of nitrogens with zero attached hydrogens (tertiary/aromatic N) is 2. The molecule has 5 heteroatoms. The van der Waals surface area contributed by atoms with Gasteiger partial charge >= 0.3 is 0 Å². The lowest BCUT2D eigenvalue weighted by Gasteiger charge is -2.14. The van der Waals surface area contributed by atoms with Gasteiger partial charge in [-0.3, -0.25) is 4.68 Å². The largest absolute Gasteiger partial charge is 0.310 e. The molecule has 2 aromatic rings. The van der Waals surface area contributed by atoms with Crippen LogP contribution in [-0.2, 0) is 6.54 Å². The molecular weight excluding hydrogens is 272 g/mol. The van der Waals surface area contributed by atoms with E-state index in [1.807, 2.05) is 6.20 Å². The fraction of sp³-hybridized carbons (Fsp3) is 0.438. The third-order valence-corrected chi connectivity index (χ3v) is 3.44. The SMILES string of the molecule is CCCNC(CC)c1cnn(Cc2cc(F)ccc2F)c1. The maximum Gasteiger partial charge on any atom is 0.128 e. The first kappa shape index (κ1) is 15.6. The molecule has 0 radical (unpaired) electrons. The third kappa shape index (κ3) is 4.11. The van der Waals surface area contributed by atoms with Crippen molar-refractivity contribution < 1.29 is 8.78 Å². The Kier molecular flexibility index (Phi) is 5.44. The molecule has 1 aromatic heterocycles. The topological polar surface area (TPSA) is 29.9 Å². The summed E-state index contributed by atoms with van der Waals surface area (Å²) in [6.45, 7) is 5.41. The summed E-state index contributed by atoms with van der Waals surface area (Å²) in [5.41, 5.74) is 1.38. The molecular formula is C16H21F2N3. The number of halogens is 2. The van der Waals surface area contributed by atoms with Gasteiger partial charge in [0, 0.05) is 23.4 Å². The van der Waals surface area contributed by atoms with Crippen LogP contribution in [0.25, 0.3) is 0 Å². The van der Waals surface area contributed by atoms with Crippen molar-refractivity contribution >= 4 is 0 Å². The molecule has 1 N–H and O–H groups in total. The second-order valence-electron chi connectivity index (χ2n) is 5.12. The average molecular weight is 293 g/mol. The van der Waals surface area contributed by atoms with Gasteiger partial charge in [0.1, 0.15) is 11.6 Å². The maximum atomic E-state index is 13.6. The fourth-order valence-electron chi connectivity index (χ4n) is 2.30. The van der Waals surface area contributed by atoms with Crippen LogP contribution in [0.1, 0.15) is 43.9 Å². The Morgan fingerprint density at radius 2 is 2.10 bits per heavy atom. The van der Waals surface area contributed by atoms with Gasteiger partial charge < -0.3 is 5.32 Å². The number of hydrogen-bond acceptors (Lipinski definition) is 2. The summed E-state index contributed by atoms with van der Waals surface area (Å²) in [6, 6.07) is 3.72. The molecule has 21 heavy (non-hydrogen) atoms. The minimum absolute atomic E-state index is 0.230. The molecule has 0 spiro atoms. The molecule has 1 heterocycles. The summed E-state index contributed by atoms with van der Waals surface area (Å²) >= 11 is 0. The predicted octanol–water partition coefficient (Wildman–Crippen LogP) is 3.66. The van der Waals surface area contributed by atoms with Gasteiger partial charge in [0.15, 0.2) is 0 Å². The summed E-state index contributed by atoms with van der Waals surface area (Å²) in [6.07, 6.45) is 5.70. The van der Waals surface area contributed by atoms with Crippen molar-refractivity contribution in [3.05, 3.63) is 53.4 Å². The molecule has 1 atom stereocenters. The maximum absolute atomic E-state index is 13.6. The third-order valence-electron chi connectivity index (χ3n) is 3.44. The zero-order valence-corrected chi connectivity index (χ0v) is 12.4. The standard InChI is InChI=1S/C16H21F2N3/c1-3-7-19-16(4-2)13-9-20-21(11-13)10-12-8-14(17)5-6-15(12)18/h5-6,8-9,11,16,19H,3-4,7,10H2,1-2H3. The Bertz CT molecular complexity index is 581. The first-order valence-corrected chi connectivity index (χ1v) is 7.33. The van der Waals surface area contributed by atoms with Crippen LogP contribution in [0, 0.1) is 11.6 Å². The van der Waals surface area contributed by atoms with Crippen LogP contribution in [0.5, 0.6) is 0 Å². The summed E-state index contributed by atoms with van der Waals surface area (Å²) < 4.78 is 28.4. The van der Waals surface area contributed by atoms with Crippen molar-refractivity contribution in [1.82, 2.24) is 15.1 Å². The lowest BCUT2D eigenvalue weighted by molar-refractivity contribution is 0.517. The van der Waals surface area contributed by atoms with Gasteiger partial charge in [0.25, 0.3) is 0 Å². The average Bonchev–Trinajstić information content (AvgIpc) is 2.92. The number of rotatable bonds is 7. The first-order chi connectivity index (χ1) is 10.1. The number of nitrogens with one attached hydrogen (secondary N) is 1. The minimum Gasteiger partial charge on any atom is -0.310 e. The summed E-state index contributed by atoms with van der Waals surface area (Å²) in [4.78, 5) is 0. The molecule has 0 aliphatic carbocycles. The molecule has 0 amide bonds. The highest BCUT2D eigenvalue weighted by molar-refractivity contribution is 5.19. The second kappa shape index (κ2) is 7.31. The van der Waals surface area contributed by atoms with E-state index in [0.717, 1.165) is 37.1 Å². The Balaban J connectivity index is 2.10. The van der Waals surface area contributed by atoms with Crippen LogP contribution in [0.3, 0.4) is 0 Å². The Hall–Kier alpha value is -1.75. The smallest absolute Gasteiger partial charge is 0.128 e. The van der Waals surface area contributed by atoms with E-state index in [1.54, 1.807) is 10.9 Å². The first-order valence-electron chi connectivity index (χ1n) is 7.33. The van der Waals surface area contributed by atoms with E-state index in [0.29, 0.717) is 5.56 Å². The van der Waals surface area contributed by atoms with Crippen LogP contribution in [0.4, 0.5) is 8.78 Å². The van der Waals surface area contributed by atoms with E-state index in [2.05, 4.69) is 24.3 Å². The fourth-order valence-corrected chi connectivity index (χ4v) is 2.30. The highest BCUT2D eigenvalue weighted by Gasteiger charge is 2.11. The van der Waals surface area contributed by atoms with Gasteiger partial charge in [-0.05, 0) is 37.6 Å². The molecule has 1 unspecified atom stereocenters. The summed E-state index contributed by atoms with van der Waals surface area (Å²) in [5.74, 6) is -0.848. The van der Waals surface area contributed by atoms with Gasteiger partial charge in [-0.15, -0.1) is 0 Å². The monoisotopic (exact) mass is 293 g/mol. The molecule has 0 saturated carbocycles. The van der Waals surface area contributed by atoms with E-state index < -0.39 is 11.6 Å². The van der Waals surface area contributed by atoms with Crippen molar-refractivity contribution in [2.75, 3.05) is 6.54 Å². The van der Waals surface area contributed by atoms with Crippen LogP contribution in [0.2, 0.25) is 0 Å². The van der Waals surface area contributed by atoms with Crippen LogP contribution in [0.15, 0.2) is 30.6 Å². The van der Waals surface area contributed by atoms with Gasteiger partial charge in [-0.2, -0.15) is 5.10 Å². The zero-order valence-electron chi connectivity index (χ0n) is 12.4. The van der Waals surface area contributed by atoms with Crippen molar-refractivity contribution in [2.24, 2.45) is 0 Å². The van der Waals surface area contributed by atoms with Crippen molar-refractivity contribution in [1.29, 1.82) is 0 Å². The molecule has 1 aromatic carbocycles.